The summed E-state index contributed by atoms with van der Waals surface area (Å²) in [5, 5.41) is -3.99. The van der Waals surface area contributed by atoms with Crippen LogP contribution >= 0.6 is 0 Å². The molecule has 21 heavy (non-hydrogen) atoms. The van der Waals surface area contributed by atoms with E-state index in [1.54, 1.807) is 6.08 Å². The molecular weight excluding hydrogens is 300 g/mol. The van der Waals surface area contributed by atoms with Crippen molar-refractivity contribution < 1.29 is 21.8 Å². The molecule has 0 atom stereocenters. The summed E-state index contributed by atoms with van der Waals surface area (Å²) in [6.07, 6.45) is 8.03. The minimum Gasteiger partial charge on any atom is -0.327 e. The SMILES string of the molecule is C=CCN.CCCCCCCCCCC(F)(F)S(=O)(=O)O. The van der Waals surface area contributed by atoms with Gasteiger partial charge in [-0.2, -0.15) is 17.2 Å². The lowest BCUT2D eigenvalue weighted by Gasteiger charge is -2.12. The van der Waals surface area contributed by atoms with E-state index < -0.39 is 21.8 Å². The first-order valence-electron chi connectivity index (χ1n) is 7.38. The maximum Gasteiger partial charge on any atom is 0.370 e. The minimum atomic E-state index is -5.24. The zero-order valence-electron chi connectivity index (χ0n) is 12.9. The Labute approximate surface area is 127 Å². The van der Waals surface area contributed by atoms with Gasteiger partial charge in [0, 0.05) is 13.0 Å². The molecule has 128 valence electrons. The molecular formula is C14H29F2NO3S. The molecule has 0 fully saturated rings. The first-order valence-corrected chi connectivity index (χ1v) is 8.82. The second-order valence-electron chi connectivity index (χ2n) is 4.86. The molecule has 0 aromatic carbocycles. The van der Waals surface area contributed by atoms with Crippen LogP contribution in [0.1, 0.15) is 64.7 Å². The van der Waals surface area contributed by atoms with Gasteiger partial charge in [-0.05, 0) is 6.42 Å². The highest BCUT2D eigenvalue weighted by Gasteiger charge is 2.42. The van der Waals surface area contributed by atoms with Crippen molar-refractivity contribution in [3.8, 4) is 0 Å². The first kappa shape index (κ1) is 22.7. The van der Waals surface area contributed by atoms with Gasteiger partial charge in [0.1, 0.15) is 0 Å². The third-order valence-electron chi connectivity index (χ3n) is 2.87. The minimum absolute atomic E-state index is 0.126. The molecule has 0 unspecified atom stereocenters. The van der Waals surface area contributed by atoms with Crippen LogP contribution in [-0.4, -0.2) is 24.8 Å². The van der Waals surface area contributed by atoms with Gasteiger partial charge < -0.3 is 5.73 Å². The van der Waals surface area contributed by atoms with Crippen LogP contribution < -0.4 is 5.73 Å². The number of halogens is 2. The van der Waals surface area contributed by atoms with E-state index in [1.807, 2.05) is 0 Å². The van der Waals surface area contributed by atoms with Crippen LogP contribution in [0.5, 0.6) is 0 Å². The van der Waals surface area contributed by atoms with Crippen molar-refractivity contribution in [2.45, 2.75) is 70.0 Å². The van der Waals surface area contributed by atoms with Crippen molar-refractivity contribution in [1.82, 2.24) is 0 Å². The maximum atomic E-state index is 12.8. The van der Waals surface area contributed by atoms with E-state index in [2.05, 4.69) is 13.5 Å². The summed E-state index contributed by atoms with van der Waals surface area (Å²) >= 11 is 0. The van der Waals surface area contributed by atoms with Crippen LogP contribution in [0.15, 0.2) is 12.7 Å². The molecule has 3 N–H and O–H groups in total. The maximum absolute atomic E-state index is 12.8. The van der Waals surface area contributed by atoms with Crippen LogP contribution in [0.25, 0.3) is 0 Å². The number of hydrogen-bond donors (Lipinski definition) is 2. The Balaban J connectivity index is 0. The number of hydrogen-bond acceptors (Lipinski definition) is 3. The Kier molecular flexibility index (Phi) is 14.2. The number of unbranched alkanes of at least 4 members (excludes halogenated alkanes) is 7. The smallest absolute Gasteiger partial charge is 0.327 e. The Morgan fingerprint density at radius 3 is 1.81 bits per heavy atom. The summed E-state index contributed by atoms with van der Waals surface area (Å²) in [6, 6.07) is 0. The highest BCUT2D eigenvalue weighted by atomic mass is 32.2. The van der Waals surface area contributed by atoms with Crippen molar-refractivity contribution in [3.05, 3.63) is 12.7 Å². The van der Waals surface area contributed by atoms with Gasteiger partial charge in [-0.3, -0.25) is 4.55 Å². The van der Waals surface area contributed by atoms with Crippen LogP contribution in [0, 0.1) is 0 Å². The Morgan fingerprint density at radius 2 is 1.48 bits per heavy atom. The molecule has 0 rings (SSSR count). The Morgan fingerprint density at radius 1 is 1.10 bits per heavy atom. The van der Waals surface area contributed by atoms with Crippen LogP contribution in [0.3, 0.4) is 0 Å². The lowest BCUT2D eigenvalue weighted by molar-refractivity contribution is 0.0683. The Hall–Kier alpha value is -0.530. The Bertz CT molecular complexity index is 346. The highest BCUT2D eigenvalue weighted by Crippen LogP contribution is 2.27. The third-order valence-corrected chi connectivity index (χ3v) is 3.82. The van der Waals surface area contributed by atoms with E-state index >= 15 is 0 Å². The summed E-state index contributed by atoms with van der Waals surface area (Å²) < 4.78 is 54.4. The molecule has 7 heteroatoms. The summed E-state index contributed by atoms with van der Waals surface area (Å²) in [5.74, 6) is 0. The topological polar surface area (TPSA) is 80.4 Å². The summed E-state index contributed by atoms with van der Waals surface area (Å²) in [4.78, 5) is 0. The molecule has 0 heterocycles. The average Bonchev–Trinajstić information content (AvgIpc) is 2.40. The van der Waals surface area contributed by atoms with E-state index in [0.29, 0.717) is 13.0 Å². The average molecular weight is 329 g/mol. The van der Waals surface area contributed by atoms with Crippen molar-refractivity contribution in [3.63, 3.8) is 0 Å². The van der Waals surface area contributed by atoms with Gasteiger partial charge in [-0.1, -0.05) is 57.9 Å². The first-order chi connectivity index (χ1) is 9.72. The second-order valence-corrected chi connectivity index (χ2v) is 6.41. The largest absolute Gasteiger partial charge is 0.370 e. The van der Waals surface area contributed by atoms with Gasteiger partial charge in [-0.15, -0.1) is 6.58 Å². The van der Waals surface area contributed by atoms with Gasteiger partial charge in [-0.25, -0.2) is 0 Å². The molecule has 0 aliphatic rings. The molecule has 0 saturated heterocycles. The normalized spacial score (nSPS) is 11.7. The predicted octanol–water partition coefficient (Wildman–Crippen LogP) is 4.13. The zero-order valence-corrected chi connectivity index (χ0v) is 13.7. The molecule has 0 amide bonds. The highest BCUT2D eigenvalue weighted by molar-refractivity contribution is 7.86. The monoisotopic (exact) mass is 329 g/mol. The molecule has 0 radical (unpaired) electrons. The molecule has 0 spiro atoms. The fraction of sp³-hybridized carbons (Fsp3) is 0.857. The summed E-state index contributed by atoms with van der Waals surface area (Å²) in [7, 11) is -5.24. The van der Waals surface area contributed by atoms with Gasteiger partial charge in [0.05, 0.1) is 0 Å². The summed E-state index contributed by atoms with van der Waals surface area (Å²) in [5.41, 5.74) is 4.91. The lowest BCUT2D eigenvalue weighted by atomic mass is 10.1. The van der Waals surface area contributed by atoms with Crippen molar-refractivity contribution in [2.75, 3.05) is 6.54 Å². The van der Waals surface area contributed by atoms with E-state index in [9.17, 15) is 17.2 Å². The molecule has 0 saturated carbocycles. The molecule has 0 aliphatic carbocycles. The van der Waals surface area contributed by atoms with Crippen LogP contribution in [0.2, 0.25) is 0 Å². The second kappa shape index (κ2) is 13.2. The van der Waals surface area contributed by atoms with Gasteiger partial charge in [0.25, 0.3) is 0 Å². The fourth-order valence-corrected chi connectivity index (χ4v) is 2.00. The van der Waals surface area contributed by atoms with E-state index in [0.717, 1.165) is 25.7 Å². The van der Waals surface area contributed by atoms with Crippen molar-refractivity contribution >= 4 is 10.1 Å². The molecule has 4 nitrogen and oxygen atoms in total. The van der Waals surface area contributed by atoms with E-state index in [1.165, 1.54) is 12.8 Å². The zero-order chi connectivity index (χ0) is 16.8. The molecule has 0 aromatic rings. The predicted molar refractivity (Wildman–Crippen MR) is 83.0 cm³/mol. The third kappa shape index (κ3) is 14.2. The van der Waals surface area contributed by atoms with E-state index in [-0.39, 0.29) is 6.42 Å². The molecule has 0 bridgehead atoms. The van der Waals surface area contributed by atoms with Gasteiger partial charge >= 0.3 is 15.4 Å². The number of rotatable bonds is 11. The lowest BCUT2D eigenvalue weighted by Crippen LogP contribution is -2.27. The van der Waals surface area contributed by atoms with E-state index in [4.69, 9.17) is 10.3 Å². The van der Waals surface area contributed by atoms with Crippen molar-refractivity contribution in [2.24, 2.45) is 5.73 Å². The standard InChI is InChI=1S/C11H22F2O3S.C3H7N/c1-2-3-4-5-6-7-8-9-10-11(12,13)17(14,15)16;1-2-3-4/h2-10H2,1H3,(H,14,15,16);2H,1,3-4H2. The fourth-order valence-electron chi connectivity index (χ4n) is 1.59. The van der Waals surface area contributed by atoms with Gasteiger partial charge in [0.15, 0.2) is 0 Å². The van der Waals surface area contributed by atoms with Crippen LogP contribution in [0.4, 0.5) is 8.78 Å². The quantitative estimate of drug-likeness (QED) is 0.339. The summed E-state index contributed by atoms with van der Waals surface area (Å²) in [6.45, 7) is 6.06. The van der Waals surface area contributed by atoms with Gasteiger partial charge in [0.2, 0.25) is 0 Å². The molecule has 0 aromatic heterocycles. The van der Waals surface area contributed by atoms with Crippen LogP contribution in [-0.2, 0) is 10.1 Å². The number of nitrogens with two attached hydrogens (primary N) is 1. The molecule has 0 aliphatic heterocycles. The number of alkyl halides is 2. The van der Waals surface area contributed by atoms with Crippen molar-refractivity contribution in [1.29, 1.82) is 0 Å².